The fourth-order valence-corrected chi connectivity index (χ4v) is 1.90. The van der Waals surface area contributed by atoms with Crippen molar-refractivity contribution in [3.05, 3.63) is 29.6 Å². The van der Waals surface area contributed by atoms with E-state index in [0.717, 1.165) is 0 Å². The number of ether oxygens (including phenoxy) is 1. The first-order chi connectivity index (χ1) is 8.65. The van der Waals surface area contributed by atoms with E-state index in [2.05, 4.69) is 5.32 Å². The van der Waals surface area contributed by atoms with Gasteiger partial charge in [-0.25, -0.2) is 9.18 Å². The predicted molar refractivity (Wildman–Crippen MR) is 61.4 cm³/mol. The number of hydrogen-bond acceptors (Lipinski definition) is 3. The number of benzene rings is 1. The van der Waals surface area contributed by atoms with Crippen molar-refractivity contribution in [1.82, 2.24) is 10.2 Å². The lowest BCUT2D eigenvalue weighted by atomic mass is 10.1. The van der Waals surface area contributed by atoms with Gasteiger partial charge in [0.1, 0.15) is 6.54 Å². The van der Waals surface area contributed by atoms with E-state index in [9.17, 15) is 9.18 Å². The molecule has 1 saturated heterocycles. The quantitative estimate of drug-likeness (QED) is 0.824. The second-order valence-electron chi connectivity index (χ2n) is 3.93. The molecular formula is C12H12FN3O2. The topological polar surface area (TPSA) is 65.4 Å². The van der Waals surface area contributed by atoms with Crippen LogP contribution in [0.2, 0.25) is 0 Å². The lowest BCUT2D eigenvalue weighted by Crippen LogP contribution is -2.28. The summed E-state index contributed by atoms with van der Waals surface area (Å²) in [7, 11) is 1.39. The van der Waals surface area contributed by atoms with E-state index in [4.69, 9.17) is 10.00 Å². The standard InChI is InChI=1S/C12H12FN3O2/c1-18-11-3-2-8(6-9(11)13)10-7-16(5-4-14)12(17)15-10/h2-3,6,10H,5,7H2,1H3,(H,15,17). The molecule has 1 aromatic rings. The summed E-state index contributed by atoms with van der Waals surface area (Å²) in [6.07, 6.45) is 0. The van der Waals surface area contributed by atoms with Crippen molar-refractivity contribution in [2.75, 3.05) is 20.2 Å². The van der Waals surface area contributed by atoms with Crippen LogP contribution in [-0.2, 0) is 0 Å². The molecule has 1 atom stereocenters. The zero-order valence-corrected chi connectivity index (χ0v) is 9.81. The van der Waals surface area contributed by atoms with E-state index in [-0.39, 0.29) is 24.4 Å². The zero-order valence-electron chi connectivity index (χ0n) is 9.81. The van der Waals surface area contributed by atoms with Crippen molar-refractivity contribution in [2.24, 2.45) is 0 Å². The SMILES string of the molecule is COc1ccc(C2CN(CC#N)C(=O)N2)cc1F. The minimum atomic E-state index is -0.469. The molecule has 1 aromatic carbocycles. The van der Waals surface area contributed by atoms with Gasteiger partial charge in [-0.05, 0) is 17.7 Å². The van der Waals surface area contributed by atoms with E-state index in [1.807, 2.05) is 6.07 Å². The molecule has 1 N–H and O–H groups in total. The molecular weight excluding hydrogens is 237 g/mol. The summed E-state index contributed by atoms with van der Waals surface area (Å²) < 4.78 is 18.4. The second kappa shape index (κ2) is 4.92. The number of urea groups is 1. The molecule has 2 rings (SSSR count). The van der Waals surface area contributed by atoms with Gasteiger partial charge in [0.15, 0.2) is 11.6 Å². The van der Waals surface area contributed by atoms with Crippen LogP contribution in [-0.4, -0.2) is 31.1 Å². The summed E-state index contributed by atoms with van der Waals surface area (Å²) in [4.78, 5) is 12.9. The molecule has 1 heterocycles. The zero-order chi connectivity index (χ0) is 13.1. The molecule has 0 saturated carbocycles. The number of carbonyl (C=O) groups excluding carboxylic acids is 1. The van der Waals surface area contributed by atoms with Crippen molar-refractivity contribution in [3.8, 4) is 11.8 Å². The lowest BCUT2D eigenvalue weighted by molar-refractivity contribution is 0.222. The van der Waals surface area contributed by atoms with Crippen LogP contribution < -0.4 is 10.1 Å². The molecule has 1 unspecified atom stereocenters. The summed E-state index contributed by atoms with van der Waals surface area (Å²) in [5.74, 6) is -0.306. The Morgan fingerprint density at radius 1 is 1.67 bits per heavy atom. The van der Waals surface area contributed by atoms with Gasteiger partial charge in [-0.15, -0.1) is 0 Å². The van der Waals surface area contributed by atoms with Gasteiger partial charge in [-0.3, -0.25) is 0 Å². The molecule has 1 fully saturated rings. The Hall–Kier alpha value is -2.29. The fraction of sp³-hybridized carbons (Fsp3) is 0.333. The van der Waals surface area contributed by atoms with Gasteiger partial charge in [0.25, 0.3) is 0 Å². The van der Waals surface area contributed by atoms with Crippen molar-refractivity contribution in [2.45, 2.75) is 6.04 Å². The van der Waals surface area contributed by atoms with Gasteiger partial charge in [0, 0.05) is 6.54 Å². The van der Waals surface area contributed by atoms with Gasteiger partial charge in [-0.1, -0.05) is 6.07 Å². The molecule has 2 amide bonds. The largest absolute Gasteiger partial charge is 0.494 e. The first kappa shape index (κ1) is 12.2. The van der Waals surface area contributed by atoms with Crippen LogP contribution in [0.25, 0.3) is 0 Å². The van der Waals surface area contributed by atoms with Crippen molar-refractivity contribution in [1.29, 1.82) is 5.26 Å². The molecule has 0 spiro atoms. The first-order valence-corrected chi connectivity index (χ1v) is 5.41. The molecule has 1 aliphatic heterocycles. The molecule has 1 aliphatic rings. The Labute approximate surface area is 104 Å². The number of nitrogens with one attached hydrogen (secondary N) is 1. The molecule has 94 valence electrons. The Kier molecular flexibility index (Phi) is 3.33. The number of hydrogen-bond donors (Lipinski definition) is 1. The number of methoxy groups -OCH3 is 1. The summed E-state index contributed by atoms with van der Waals surface area (Å²) in [5.41, 5.74) is 0.655. The average Bonchev–Trinajstić information content (AvgIpc) is 2.71. The van der Waals surface area contributed by atoms with Crippen LogP contribution in [0.4, 0.5) is 9.18 Å². The maximum absolute atomic E-state index is 13.5. The van der Waals surface area contributed by atoms with Crippen LogP contribution in [0.5, 0.6) is 5.75 Å². The Morgan fingerprint density at radius 3 is 3.06 bits per heavy atom. The Balaban J connectivity index is 2.17. The van der Waals surface area contributed by atoms with Crippen LogP contribution in [0.15, 0.2) is 18.2 Å². The number of halogens is 1. The third-order valence-corrected chi connectivity index (χ3v) is 2.83. The minimum absolute atomic E-state index is 0.0287. The van der Waals surface area contributed by atoms with E-state index in [1.165, 1.54) is 24.1 Å². The molecule has 0 aromatic heterocycles. The van der Waals surface area contributed by atoms with E-state index in [1.54, 1.807) is 6.07 Å². The van der Waals surface area contributed by atoms with Crippen LogP contribution in [0.1, 0.15) is 11.6 Å². The first-order valence-electron chi connectivity index (χ1n) is 5.41. The van der Waals surface area contributed by atoms with Crippen LogP contribution >= 0.6 is 0 Å². The molecule has 5 nitrogen and oxygen atoms in total. The minimum Gasteiger partial charge on any atom is -0.494 e. The summed E-state index contributed by atoms with van der Waals surface area (Å²) in [5, 5.41) is 11.3. The Bertz CT molecular complexity index is 513. The number of nitriles is 1. The highest BCUT2D eigenvalue weighted by molar-refractivity contribution is 5.77. The van der Waals surface area contributed by atoms with Gasteiger partial charge in [0.05, 0.1) is 19.2 Å². The summed E-state index contributed by atoms with van der Waals surface area (Å²) >= 11 is 0. The van der Waals surface area contributed by atoms with Crippen molar-refractivity contribution in [3.63, 3.8) is 0 Å². The van der Waals surface area contributed by atoms with E-state index in [0.29, 0.717) is 12.1 Å². The third-order valence-electron chi connectivity index (χ3n) is 2.83. The number of carbonyl (C=O) groups is 1. The van der Waals surface area contributed by atoms with Crippen molar-refractivity contribution < 1.29 is 13.9 Å². The summed E-state index contributed by atoms with van der Waals surface area (Å²) in [6.45, 7) is 0.388. The van der Waals surface area contributed by atoms with Gasteiger partial charge < -0.3 is 15.0 Å². The molecule has 0 bridgehead atoms. The third kappa shape index (κ3) is 2.20. The highest BCUT2D eigenvalue weighted by atomic mass is 19.1. The van der Waals surface area contributed by atoms with Gasteiger partial charge in [0.2, 0.25) is 0 Å². The maximum atomic E-state index is 13.5. The van der Waals surface area contributed by atoms with E-state index < -0.39 is 5.82 Å². The predicted octanol–water partition coefficient (Wildman–Crippen LogP) is 1.42. The number of rotatable bonds is 3. The molecule has 0 radical (unpaired) electrons. The molecule has 6 heteroatoms. The lowest BCUT2D eigenvalue weighted by Gasteiger charge is -2.11. The molecule has 18 heavy (non-hydrogen) atoms. The highest BCUT2D eigenvalue weighted by Gasteiger charge is 2.29. The second-order valence-corrected chi connectivity index (χ2v) is 3.93. The fourth-order valence-electron chi connectivity index (χ4n) is 1.90. The van der Waals surface area contributed by atoms with Crippen LogP contribution in [0, 0.1) is 17.1 Å². The van der Waals surface area contributed by atoms with Crippen molar-refractivity contribution >= 4 is 6.03 Å². The van der Waals surface area contributed by atoms with Crippen LogP contribution in [0.3, 0.4) is 0 Å². The number of nitrogens with zero attached hydrogens (tertiary/aromatic N) is 2. The molecule has 0 aliphatic carbocycles. The highest BCUT2D eigenvalue weighted by Crippen LogP contribution is 2.25. The normalized spacial score (nSPS) is 18.4. The van der Waals surface area contributed by atoms with Gasteiger partial charge >= 0.3 is 6.03 Å². The monoisotopic (exact) mass is 249 g/mol. The average molecular weight is 249 g/mol. The summed E-state index contributed by atoms with van der Waals surface area (Å²) in [6, 6.07) is 5.85. The van der Waals surface area contributed by atoms with E-state index >= 15 is 0 Å². The smallest absolute Gasteiger partial charge is 0.318 e. The van der Waals surface area contributed by atoms with Gasteiger partial charge in [-0.2, -0.15) is 5.26 Å². The Morgan fingerprint density at radius 2 is 2.44 bits per heavy atom. The number of amides is 2. The maximum Gasteiger partial charge on any atom is 0.318 e.